The number of carbonyl (C=O) groups excluding carboxylic acids is 1. The van der Waals surface area contributed by atoms with Crippen LogP contribution in [-0.2, 0) is 20.8 Å². The van der Waals surface area contributed by atoms with E-state index < -0.39 is 0 Å². The lowest BCUT2D eigenvalue weighted by atomic mass is 9.88. The van der Waals surface area contributed by atoms with Crippen molar-refractivity contribution in [3.63, 3.8) is 0 Å². The second-order valence-electron chi connectivity index (χ2n) is 8.89. The quantitative estimate of drug-likeness (QED) is 0.463. The Morgan fingerprint density at radius 1 is 1.31 bits per heavy atom. The number of piperazine rings is 1. The highest BCUT2D eigenvalue weighted by Gasteiger charge is 2.57. The SMILES string of the molecule is CCOC(CNCc1ncc(F)cc1N1CC(N2C[C@@H]3C[C@@]2(C(=O)CC)CN3)C1)OCC. The predicted molar refractivity (Wildman–Crippen MR) is 120 cm³/mol. The Hall–Kier alpha value is -1.65. The fourth-order valence-corrected chi connectivity index (χ4v) is 5.39. The molecule has 32 heavy (non-hydrogen) atoms. The lowest BCUT2D eigenvalue weighted by Crippen LogP contribution is -2.69. The van der Waals surface area contributed by atoms with Gasteiger partial charge in [0.25, 0.3) is 0 Å². The first-order valence-electron chi connectivity index (χ1n) is 11.9. The van der Waals surface area contributed by atoms with Gasteiger partial charge in [0.05, 0.1) is 23.1 Å². The summed E-state index contributed by atoms with van der Waals surface area (Å²) in [6.07, 6.45) is 2.43. The van der Waals surface area contributed by atoms with Crippen LogP contribution in [0, 0.1) is 5.82 Å². The molecule has 8 nitrogen and oxygen atoms in total. The van der Waals surface area contributed by atoms with Gasteiger partial charge in [-0.2, -0.15) is 0 Å². The largest absolute Gasteiger partial charge is 0.367 e. The van der Waals surface area contributed by atoms with E-state index in [4.69, 9.17) is 9.47 Å². The number of ether oxygens (including phenoxy) is 2. The van der Waals surface area contributed by atoms with Crippen LogP contribution in [0.25, 0.3) is 0 Å². The third kappa shape index (κ3) is 4.54. The number of likely N-dealkylation sites (tertiary alicyclic amines) is 1. The fraction of sp³-hybridized carbons (Fsp3) is 0.739. The highest BCUT2D eigenvalue weighted by Crippen LogP contribution is 2.40. The van der Waals surface area contributed by atoms with Crippen LogP contribution in [0.5, 0.6) is 0 Å². The fourth-order valence-electron chi connectivity index (χ4n) is 5.39. The topological polar surface area (TPSA) is 79.0 Å². The number of fused-ring (bicyclic) bond motifs is 2. The molecular weight excluding hydrogens is 413 g/mol. The van der Waals surface area contributed by atoms with Gasteiger partial charge >= 0.3 is 0 Å². The van der Waals surface area contributed by atoms with Crippen molar-refractivity contribution >= 4 is 11.5 Å². The summed E-state index contributed by atoms with van der Waals surface area (Å²) < 4.78 is 25.2. The Morgan fingerprint density at radius 2 is 2.06 bits per heavy atom. The second kappa shape index (κ2) is 10.1. The van der Waals surface area contributed by atoms with Crippen LogP contribution in [-0.4, -0.2) is 85.5 Å². The van der Waals surface area contributed by atoms with E-state index in [-0.39, 0.29) is 17.6 Å². The molecule has 0 radical (unpaired) electrons. The number of Topliss-reactive ketones (excluding diaryl/α,β-unsaturated/α-hetero) is 1. The van der Waals surface area contributed by atoms with Crippen molar-refractivity contribution in [2.75, 3.05) is 50.8 Å². The molecule has 2 N–H and O–H groups in total. The molecule has 3 saturated heterocycles. The Morgan fingerprint density at radius 3 is 2.72 bits per heavy atom. The lowest BCUT2D eigenvalue weighted by molar-refractivity contribution is -0.133. The first kappa shape index (κ1) is 23.5. The molecular formula is C23H36FN5O3. The normalized spacial score (nSPS) is 25.7. The van der Waals surface area contributed by atoms with Gasteiger partial charge in [0.15, 0.2) is 12.1 Å². The Kier molecular flexibility index (Phi) is 7.41. The molecule has 2 atom stereocenters. The number of hydrogen-bond acceptors (Lipinski definition) is 8. The van der Waals surface area contributed by atoms with E-state index in [1.807, 2.05) is 20.8 Å². The second-order valence-corrected chi connectivity index (χ2v) is 8.89. The molecule has 0 spiro atoms. The summed E-state index contributed by atoms with van der Waals surface area (Å²) >= 11 is 0. The maximum atomic E-state index is 14.0. The average Bonchev–Trinajstić information content (AvgIpc) is 3.34. The van der Waals surface area contributed by atoms with Crippen molar-refractivity contribution in [3.8, 4) is 0 Å². The summed E-state index contributed by atoms with van der Waals surface area (Å²) in [6, 6.07) is 2.27. The number of ketones is 1. The van der Waals surface area contributed by atoms with Crippen molar-refractivity contribution in [2.45, 2.75) is 64.1 Å². The molecule has 2 bridgehead atoms. The Balaban J connectivity index is 1.38. The van der Waals surface area contributed by atoms with Gasteiger partial charge in [-0.1, -0.05) is 6.92 Å². The molecule has 178 valence electrons. The van der Waals surface area contributed by atoms with E-state index in [1.165, 1.54) is 6.20 Å². The number of pyridine rings is 1. The van der Waals surface area contributed by atoms with Crippen molar-refractivity contribution in [1.29, 1.82) is 0 Å². The number of anilines is 1. The van der Waals surface area contributed by atoms with E-state index in [1.54, 1.807) is 6.07 Å². The van der Waals surface area contributed by atoms with Gasteiger partial charge in [-0.05, 0) is 20.3 Å². The van der Waals surface area contributed by atoms with Gasteiger partial charge in [0.2, 0.25) is 0 Å². The van der Waals surface area contributed by atoms with Crippen LogP contribution in [0.4, 0.5) is 10.1 Å². The molecule has 4 heterocycles. The average molecular weight is 450 g/mol. The van der Waals surface area contributed by atoms with E-state index in [0.717, 1.165) is 44.0 Å². The predicted octanol–water partition coefficient (Wildman–Crippen LogP) is 1.29. The summed E-state index contributed by atoms with van der Waals surface area (Å²) in [4.78, 5) is 21.7. The van der Waals surface area contributed by atoms with Crippen molar-refractivity contribution in [2.24, 2.45) is 0 Å². The highest BCUT2D eigenvalue weighted by molar-refractivity contribution is 5.89. The minimum absolute atomic E-state index is 0.307. The molecule has 0 unspecified atom stereocenters. The van der Waals surface area contributed by atoms with Gasteiger partial charge in [-0.15, -0.1) is 0 Å². The van der Waals surface area contributed by atoms with E-state index in [0.29, 0.717) is 50.6 Å². The molecule has 0 saturated carbocycles. The minimum Gasteiger partial charge on any atom is -0.367 e. The molecule has 3 aliphatic heterocycles. The first-order valence-corrected chi connectivity index (χ1v) is 11.9. The van der Waals surface area contributed by atoms with Gasteiger partial charge in [0.1, 0.15) is 5.82 Å². The molecule has 0 aromatic carbocycles. The van der Waals surface area contributed by atoms with E-state index in [9.17, 15) is 9.18 Å². The summed E-state index contributed by atoms with van der Waals surface area (Å²) in [7, 11) is 0. The number of hydrogen-bond donors (Lipinski definition) is 2. The third-order valence-corrected chi connectivity index (χ3v) is 6.94. The molecule has 4 rings (SSSR count). The van der Waals surface area contributed by atoms with Crippen LogP contribution in [0.2, 0.25) is 0 Å². The van der Waals surface area contributed by atoms with E-state index in [2.05, 4.69) is 25.4 Å². The molecule has 0 amide bonds. The summed E-state index contributed by atoms with van der Waals surface area (Å²) in [5.41, 5.74) is 1.27. The molecule has 3 fully saturated rings. The lowest BCUT2D eigenvalue weighted by Gasteiger charge is -2.51. The molecule has 3 aliphatic rings. The molecule has 9 heteroatoms. The molecule has 0 aliphatic carbocycles. The van der Waals surface area contributed by atoms with E-state index >= 15 is 0 Å². The minimum atomic E-state index is -0.353. The zero-order valence-electron chi connectivity index (χ0n) is 19.4. The standard InChI is InChI=1S/C23H36FN5O3/c1-4-21(30)23-8-17(27-15-23)12-29(23)18-13-28(14-18)20-7-16(24)9-26-19(20)10-25-11-22(31-5-2)32-6-3/h7,9,17-18,22,25,27H,4-6,8,10-15H2,1-3H3/t17-,23-/m0/s1. The Labute approximate surface area is 189 Å². The summed E-state index contributed by atoms with van der Waals surface area (Å²) in [6.45, 7) is 11.2. The maximum absolute atomic E-state index is 14.0. The van der Waals surface area contributed by atoms with Crippen LogP contribution >= 0.6 is 0 Å². The van der Waals surface area contributed by atoms with Crippen molar-refractivity contribution in [1.82, 2.24) is 20.5 Å². The number of nitrogens with zero attached hydrogens (tertiary/aromatic N) is 3. The molecule has 1 aromatic rings. The maximum Gasteiger partial charge on any atom is 0.169 e. The highest BCUT2D eigenvalue weighted by atomic mass is 19.1. The molecule has 1 aromatic heterocycles. The van der Waals surface area contributed by atoms with Gasteiger partial charge in [-0.3, -0.25) is 14.7 Å². The first-order chi connectivity index (χ1) is 15.5. The number of carbonyl (C=O) groups is 1. The summed E-state index contributed by atoms with van der Waals surface area (Å²) in [5, 5.41) is 6.82. The van der Waals surface area contributed by atoms with Crippen molar-refractivity contribution < 1.29 is 18.7 Å². The van der Waals surface area contributed by atoms with Crippen LogP contribution < -0.4 is 15.5 Å². The monoisotopic (exact) mass is 449 g/mol. The van der Waals surface area contributed by atoms with Crippen LogP contribution in [0.3, 0.4) is 0 Å². The van der Waals surface area contributed by atoms with Gasteiger partial charge in [0, 0.05) is 77.1 Å². The zero-order chi connectivity index (χ0) is 22.7. The van der Waals surface area contributed by atoms with Crippen molar-refractivity contribution in [3.05, 3.63) is 23.8 Å². The summed E-state index contributed by atoms with van der Waals surface area (Å²) in [5.74, 6) is -0.00492. The third-order valence-electron chi connectivity index (χ3n) is 6.94. The van der Waals surface area contributed by atoms with Gasteiger partial charge in [-0.25, -0.2) is 4.39 Å². The number of halogens is 1. The number of aromatic nitrogens is 1. The van der Waals surface area contributed by atoms with Crippen LogP contribution in [0.15, 0.2) is 12.3 Å². The smallest absolute Gasteiger partial charge is 0.169 e. The Bertz CT molecular complexity index is 800. The number of nitrogens with one attached hydrogen (secondary N) is 2. The van der Waals surface area contributed by atoms with Gasteiger partial charge < -0.3 is 25.0 Å². The van der Waals surface area contributed by atoms with Crippen LogP contribution in [0.1, 0.15) is 39.3 Å². The zero-order valence-corrected chi connectivity index (χ0v) is 19.4. The number of rotatable bonds is 12.